The van der Waals surface area contributed by atoms with Gasteiger partial charge in [0.2, 0.25) is 11.9 Å². The zero-order chi connectivity index (χ0) is 47.8. The molecule has 0 unspecified atom stereocenters. The summed E-state index contributed by atoms with van der Waals surface area (Å²) in [6.07, 6.45) is 0. The molecule has 0 N–H and O–H groups in total. The molecular formula is C63H38BN5O3Si. The van der Waals surface area contributed by atoms with Crippen LogP contribution in [0.15, 0.2) is 231 Å². The van der Waals surface area contributed by atoms with E-state index in [1.54, 1.807) is 0 Å². The maximum absolute atomic E-state index is 7.12. The van der Waals surface area contributed by atoms with E-state index < -0.39 is 8.07 Å². The summed E-state index contributed by atoms with van der Waals surface area (Å²) in [5, 5.41) is 9.26. The minimum Gasteiger partial charge on any atom is -0.458 e. The molecule has 0 atom stereocenters. The van der Waals surface area contributed by atoms with Crippen LogP contribution in [0.3, 0.4) is 0 Å². The lowest BCUT2D eigenvalue weighted by Gasteiger charge is -2.37. The molecule has 0 spiro atoms. The first kappa shape index (κ1) is 40.2. The molecule has 6 heterocycles. The fraction of sp³-hybridized carbons (Fsp3) is 0. The smallest absolute Gasteiger partial charge is 0.270 e. The minimum atomic E-state index is -2.94. The summed E-state index contributed by atoms with van der Waals surface area (Å²) in [7, 11) is -2.94. The molecular weight excluding hydrogens is 914 g/mol. The number of benzene rings is 10. The highest BCUT2D eigenvalue weighted by Crippen LogP contribution is 2.47. The number of hydrogen-bond donors (Lipinski definition) is 0. The molecule has 8 nitrogen and oxygen atoms in total. The van der Waals surface area contributed by atoms with Crippen molar-refractivity contribution >= 4 is 95.5 Å². The zero-order valence-electron chi connectivity index (χ0n) is 39.0. The Bertz CT molecular complexity index is 4280. The quantitative estimate of drug-likeness (QED) is 0.117. The van der Waals surface area contributed by atoms with E-state index in [0.717, 1.165) is 100 Å². The Morgan fingerprint density at radius 1 is 0.342 bits per heavy atom. The summed E-state index contributed by atoms with van der Waals surface area (Å²) in [4.78, 5) is 16.7. The van der Waals surface area contributed by atoms with Gasteiger partial charge in [0.05, 0.1) is 27.5 Å². The van der Waals surface area contributed by atoms with Gasteiger partial charge in [-0.15, -0.1) is 0 Å². The summed E-state index contributed by atoms with van der Waals surface area (Å²) in [6.45, 7) is -0.138. The highest BCUT2D eigenvalue weighted by molar-refractivity contribution is 7.20. The predicted octanol–water partition coefficient (Wildman–Crippen LogP) is 9.94. The Morgan fingerprint density at radius 2 is 0.781 bits per heavy atom. The second-order valence-electron chi connectivity index (χ2n) is 19.0. The Labute approximate surface area is 420 Å². The third-order valence-electron chi connectivity index (χ3n) is 15.3. The van der Waals surface area contributed by atoms with Crippen LogP contribution in [-0.4, -0.2) is 38.9 Å². The molecule has 3 aliphatic heterocycles. The van der Waals surface area contributed by atoms with Gasteiger partial charge in [0.25, 0.3) is 6.71 Å². The highest BCUT2D eigenvalue weighted by atomic mass is 28.3. The van der Waals surface area contributed by atoms with Gasteiger partial charge in [-0.1, -0.05) is 182 Å². The van der Waals surface area contributed by atoms with E-state index in [2.05, 4.69) is 203 Å². The minimum absolute atomic E-state index is 0.138. The third kappa shape index (κ3) is 5.63. The van der Waals surface area contributed by atoms with Crippen molar-refractivity contribution in [2.75, 3.05) is 0 Å². The van der Waals surface area contributed by atoms with Gasteiger partial charge in [-0.3, -0.25) is 9.13 Å². The molecule has 3 aliphatic rings. The number of nitrogens with zero attached hydrogens (tertiary/aromatic N) is 5. The van der Waals surface area contributed by atoms with Crippen molar-refractivity contribution in [3.8, 4) is 57.8 Å². The van der Waals surface area contributed by atoms with Gasteiger partial charge in [-0.25, -0.2) is 0 Å². The molecule has 0 saturated heterocycles. The predicted molar refractivity (Wildman–Crippen MR) is 295 cm³/mol. The van der Waals surface area contributed by atoms with E-state index in [4.69, 9.17) is 29.2 Å². The Balaban J connectivity index is 0.990. The van der Waals surface area contributed by atoms with Crippen LogP contribution in [0, 0.1) is 0 Å². The zero-order valence-corrected chi connectivity index (χ0v) is 40.0. The van der Waals surface area contributed by atoms with Crippen molar-refractivity contribution in [1.29, 1.82) is 0 Å². The summed E-state index contributed by atoms with van der Waals surface area (Å²) in [5.41, 5.74) is 7.67. The van der Waals surface area contributed by atoms with E-state index >= 15 is 0 Å². The standard InChI is InChI=1S/C63H38BN5O3Si/c1-4-20-40(21-5-1)73(41-22-6-2-7-23-41,42-24-8-3-9-25-42)43-26-16-19-39(37-43)61-65-62(68-47-30-13-10-27-44(47)45-28-11-14-31-48(45)68)67-63(66-61)69-49-32-15-12-29-46(49)56-50(69)38-55-59-60(56)72-54-36-18-34-52-58(54)64(59)57-51(70-52)33-17-35-53(57)71-55/h1-38H. The van der Waals surface area contributed by atoms with Gasteiger partial charge < -0.3 is 14.2 Å². The van der Waals surface area contributed by atoms with Gasteiger partial charge in [0.15, 0.2) is 13.9 Å². The molecule has 340 valence electrons. The second-order valence-corrected chi connectivity index (χ2v) is 22.8. The van der Waals surface area contributed by atoms with E-state index in [1.165, 1.54) is 20.7 Å². The monoisotopic (exact) mass is 951 g/mol. The lowest BCUT2D eigenvalue weighted by atomic mass is 9.34. The summed E-state index contributed by atoms with van der Waals surface area (Å²) < 4.78 is 24.9. The molecule has 0 bridgehead atoms. The molecule has 16 rings (SSSR count). The van der Waals surface area contributed by atoms with Crippen LogP contribution in [0.2, 0.25) is 0 Å². The van der Waals surface area contributed by atoms with Crippen molar-refractivity contribution in [2.24, 2.45) is 0 Å². The molecule has 0 aliphatic carbocycles. The molecule has 13 aromatic rings. The summed E-state index contributed by atoms with van der Waals surface area (Å²) >= 11 is 0. The molecule has 0 saturated carbocycles. The first-order valence-corrected chi connectivity index (χ1v) is 26.6. The van der Waals surface area contributed by atoms with Gasteiger partial charge in [-0.05, 0) is 63.2 Å². The normalized spacial score (nSPS) is 13.0. The molecule has 10 heteroatoms. The number of fused-ring (bicyclic) bond motifs is 7. The average Bonchev–Trinajstić information content (AvgIpc) is 4.00. The van der Waals surface area contributed by atoms with Gasteiger partial charge in [-0.2, -0.15) is 15.0 Å². The van der Waals surface area contributed by atoms with Crippen LogP contribution in [0.1, 0.15) is 0 Å². The fourth-order valence-corrected chi connectivity index (χ4v) is 17.1. The summed E-state index contributed by atoms with van der Waals surface area (Å²) in [6, 6.07) is 81.6. The average molecular weight is 952 g/mol. The lowest BCUT2D eigenvalue weighted by molar-refractivity contribution is 0.445. The molecule has 0 amide bonds. The van der Waals surface area contributed by atoms with Crippen molar-refractivity contribution in [3.05, 3.63) is 231 Å². The molecule has 73 heavy (non-hydrogen) atoms. The van der Waals surface area contributed by atoms with Gasteiger partial charge in [0.1, 0.15) is 34.5 Å². The van der Waals surface area contributed by atoms with Crippen molar-refractivity contribution in [2.45, 2.75) is 0 Å². The van der Waals surface area contributed by atoms with Crippen LogP contribution in [0.25, 0.3) is 66.9 Å². The first-order valence-electron chi connectivity index (χ1n) is 24.6. The molecule has 0 fully saturated rings. The SMILES string of the molecule is c1ccc([Si](c2ccccc2)(c2ccccc2)c2cccc(-c3nc(-n4c5ccccc5c5ccccc54)nc(-n4c5ccccc5c5c6c7c(cc54)Oc4cccc5c4B7c4c(cccc4O6)O5)n3)c2)cc1. The topological polar surface area (TPSA) is 76.2 Å². The van der Waals surface area contributed by atoms with Crippen LogP contribution < -0.4 is 51.3 Å². The number of ether oxygens (including phenoxy) is 3. The molecule has 3 aromatic heterocycles. The summed E-state index contributed by atoms with van der Waals surface area (Å²) in [5.74, 6) is 6.11. The maximum atomic E-state index is 7.12. The van der Waals surface area contributed by atoms with E-state index in [-0.39, 0.29) is 6.71 Å². The maximum Gasteiger partial charge on any atom is 0.270 e. The van der Waals surface area contributed by atoms with Crippen LogP contribution >= 0.6 is 0 Å². The third-order valence-corrected chi connectivity index (χ3v) is 20.0. The first-order chi connectivity index (χ1) is 36.2. The van der Waals surface area contributed by atoms with Crippen molar-refractivity contribution < 1.29 is 14.2 Å². The molecule has 10 aromatic carbocycles. The largest absolute Gasteiger partial charge is 0.458 e. The van der Waals surface area contributed by atoms with Crippen LogP contribution in [0.5, 0.6) is 34.5 Å². The van der Waals surface area contributed by atoms with E-state index in [9.17, 15) is 0 Å². The highest BCUT2D eigenvalue weighted by Gasteiger charge is 2.48. The Morgan fingerprint density at radius 3 is 1.34 bits per heavy atom. The Kier molecular flexibility index (Phi) is 8.41. The fourth-order valence-electron chi connectivity index (χ4n) is 12.3. The van der Waals surface area contributed by atoms with Crippen LogP contribution in [0.4, 0.5) is 0 Å². The van der Waals surface area contributed by atoms with E-state index in [1.807, 2.05) is 36.4 Å². The van der Waals surface area contributed by atoms with E-state index in [0.29, 0.717) is 17.7 Å². The van der Waals surface area contributed by atoms with Crippen LogP contribution in [-0.2, 0) is 0 Å². The molecule has 0 radical (unpaired) electrons. The van der Waals surface area contributed by atoms with Crippen molar-refractivity contribution in [1.82, 2.24) is 24.1 Å². The van der Waals surface area contributed by atoms with Gasteiger partial charge in [0, 0.05) is 44.2 Å². The van der Waals surface area contributed by atoms with Crippen molar-refractivity contribution in [3.63, 3.8) is 0 Å². The Hall–Kier alpha value is -9.51. The van der Waals surface area contributed by atoms with Gasteiger partial charge >= 0.3 is 0 Å². The number of rotatable bonds is 7. The number of para-hydroxylation sites is 3. The second kappa shape index (κ2) is 15.2. The lowest BCUT2D eigenvalue weighted by Crippen LogP contribution is -2.74. The number of hydrogen-bond acceptors (Lipinski definition) is 6. The number of aromatic nitrogens is 5.